The Balaban J connectivity index is 2.35. The fraction of sp³-hybridized carbons (Fsp3) is 0.267. The molecule has 0 unspecified atom stereocenters. The summed E-state index contributed by atoms with van der Waals surface area (Å²) in [6.45, 7) is 3.96. The van der Waals surface area contributed by atoms with Crippen LogP contribution < -0.4 is 4.74 Å². The van der Waals surface area contributed by atoms with Gasteiger partial charge in [0, 0.05) is 16.7 Å². The highest BCUT2D eigenvalue weighted by atomic mass is 79.9. The second-order valence-electron chi connectivity index (χ2n) is 4.82. The van der Waals surface area contributed by atoms with Crippen LogP contribution in [0.25, 0.3) is 0 Å². The molecule has 2 nitrogen and oxygen atoms in total. The topological polar surface area (TPSA) is 22.1 Å². The molecule has 0 saturated heterocycles. The van der Waals surface area contributed by atoms with E-state index < -0.39 is 11.7 Å². The summed E-state index contributed by atoms with van der Waals surface area (Å²) in [6, 6.07) is 7.17. The molecule has 0 atom stereocenters. The van der Waals surface area contributed by atoms with E-state index in [1.54, 1.807) is 12.1 Å². The maximum atomic E-state index is 12.7. The standard InChI is InChI=1S/C15H13BrF3NO/c1-9(2)12-8-11(16)3-4-13(12)21-14-7-10(5-6-20-14)15(17,18)19/h3-9H,1-2H3. The summed E-state index contributed by atoms with van der Waals surface area (Å²) in [5.74, 6) is 0.595. The van der Waals surface area contributed by atoms with E-state index in [1.165, 1.54) is 0 Å². The summed E-state index contributed by atoms with van der Waals surface area (Å²) in [7, 11) is 0. The fourth-order valence-electron chi connectivity index (χ4n) is 1.82. The van der Waals surface area contributed by atoms with Gasteiger partial charge < -0.3 is 4.74 Å². The van der Waals surface area contributed by atoms with Gasteiger partial charge in [-0.05, 0) is 35.7 Å². The molecule has 0 aliphatic heterocycles. The van der Waals surface area contributed by atoms with Gasteiger partial charge in [-0.15, -0.1) is 0 Å². The van der Waals surface area contributed by atoms with E-state index in [0.717, 1.165) is 28.4 Å². The van der Waals surface area contributed by atoms with Crippen molar-refractivity contribution in [3.05, 3.63) is 52.1 Å². The van der Waals surface area contributed by atoms with E-state index in [9.17, 15) is 13.2 Å². The van der Waals surface area contributed by atoms with Crippen LogP contribution in [-0.2, 0) is 6.18 Å². The van der Waals surface area contributed by atoms with Crippen molar-refractivity contribution in [2.45, 2.75) is 25.9 Å². The lowest BCUT2D eigenvalue weighted by molar-refractivity contribution is -0.137. The van der Waals surface area contributed by atoms with Crippen LogP contribution in [-0.4, -0.2) is 4.98 Å². The smallest absolute Gasteiger partial charge is 0.416 e. The van der Waals surface area contributed by atoms with Gasteiger partial charge in [-0.25, -0.2) is 4.98 Å². The van der Waals surface area contributed by atoms with Crippen molar-refractivity contribution < 1.29 is 17.9 Å². The van der Waals surface area contributed by atoms with E-state index in [0.29, 0.717) is 5.75 Å². The number of hydrogen-bond acceptors (Lipinski definition) is 2. The number of rotatable bonds is 3. The molecule has 0 amide bonds. The predicted molar refractivity (Wildman–Crippen MR) is 77.5 cm³/mol. The Bertz CT molecular complexity index is 641. The summed E-state index contributed by atoms with van der Waals surface area (Å²) in [5, 5.41) is 0. The van der Waals surface area contributed by atoms with Gasteiger partial charge in [0.25, 0.3) is 0 Å². The lowest BCUT2D eigenvalue weighted by Crippen LogP contribution is -2.05. The lowest BCUT2D eigenvalue weighted by Gasteiger charge is -2.14. The Morgan fingerprint density at radius 1 is 1.14 bits per heavy atom. The third-order valence-electron chi connectivity index (χ3n) is 2.87. The molecule has 21 heavy (non-hydrogen) atoms. The van der Waals surface area contributed by atoms with Crippen LogP contribution >= 0.6 is 15.9 Å². The minimum absolute atomic E-state index is 0.0750. The molecular formula is C15H13BrF3NO. The van der Waals surface area contributed by atoms with Crippen LogP contribution in [0.2, 0.25) is 0 Å². The molecule has 1 heterocycles. The Labute approximate surface area is 129 Å². The van der Waals surface area contributed by atoms with Gasteiger partial charge in [0.05, 0.1) is 5.56 Å². The number of aromatic nitrogens is 1. The van der Waals surface area contributed by atoms with Crippen molar-refractivity contribution >= 4 is 15.9 Å². The highest BCUT2D eigenvalue weighted by molar-refractivity contribution is 9.10. The number of benzene rings is 1. The number of halogens is 4. The lowest BCUT2D eigenvalue weighted by atomic mass is 10.0. The van der Waals surface area contributed by atoms with Crippen LogP contribution in [0.5, 0.6) is 11.6 Å². The maximum absolute atomic E-state index is 12.7. The van der Waals surface area contributed by atoms with Crippen LogP contribution in [0.15, 0.2) is 41.0 Å². The first kappa shape index (κ1) is 15.8. The quantitative estimate of drug-likeness (QED) is 0.692. The van der Waals surface area contributed by atoms with Crippen molar-refractivity contribution in [1.29, 1.82) is 0 Å². The molecule has 2 rings (SSSR count). The first-order valence-corrected chi connectivity index (χ1v) is 7.07. The maximum Gasteiger partial charge on any atom is 0.416 e. The van der Waals surface area contributed by atoms with Crippen molar-refractivity contribution in [2.24, 2.45) is 0 Å². The minimum atomic E-state index is -4.42. The Kier molecular flexibility index (Phi) is 4.56. The first-order valence-electron chi connectivity index (χ1n) is 6.28. The summed E-state index contributed by atoms with van der Waals surface area (Å²) < 4.78 is 44.4. The largest absolute Gasteiger partial charge is 0.439 e. The van der Waals surface area contributed by atoms with Crippen molar-refractivity contribution in [3.63, 3.8) is 0 Å². The van der Waals surface area contributed by atoms with Crippen LogP contribution in [0.3, 0.4) is 0 Å². The molecule has 1 aromatic carbocycles. The van der Waals surface area contributed by atoms with E-state index >= 15 is 0 Å². The van der Waals surface area contributed by atoms with E-state index in [1.807, 2.05) is 19.9 Å². The average molecular weight is 360 g/mol. The highest BCUT2D eigenvalue weighted by Crippen LogP contribution is 2.34. The zero-order valence-electron chi connectivity index (χ0n) is 11.4. The van der Waals surface area contributed by atoms with Gasteiger partial charge in [-0.2, -0.15) is 13.2 Å². The monoisotopic (exact) mass is 359 g/mol. The molecule has 0 bridgehead atoms. The third-order valence-corrected chi connectivity index (χ3v) is 3.36. The predicted octanol–water partition coefficient (Wildman–Crippen LogP) is 5.78. The van der Waals surface area contributed by atoms with E-state index in [-0.39, 0.29) is 11.8 Å². The van der Waals surface area contributed by atoms with Crippen molar-refractivity contribution in [2.75, 3.05) is 0 Å². The normalized spacial score (nSPS) is 11.8. The zero-order valence-corrected chi connectivity index (χ0v) is 13.0. The molecule has 0 aliphatic carbocycles. The van der Waals surface area contributed by atoms with Crippen molar-refractivity contribution in [1.82, 2.24) is 4.98 Å². The Morgan fingerprint density at radius 3 is 2.48 bits per heavy atom. The van der Waals surface area contributed by atoms with Crippen LogP contribution in [0.4, 0.5) is 13.2 Å². The molecule has 0 fully saturated rings. The van der Waals surface area contributed by atoms with E-state index in [2.05, 4.69) is 20.9 Å². The van der Waals surface area contributed by atoms with Gasteiger partial charge in [0.15, 0.2) is 0 Å². The Hall–Kier alpha value is -1.56. The van der Waals surface area contributed by atoms with Crippen LogP contribution in [0, 0.1) is 0 Å². The van der Waals surface area contributed by atoms with Gasteiger partial charge >= 0.3 is 6.18 Å². The summed E-state index contributed by atoms with van der Waals surface area (Å²) in [6.07, 6.45) is -3.33. The molecule has 0 spiro atoms. The molecule has 112 valence electrons. The number of pyridine rings is 1. The molecule has 2 aromatic rings. The minimum Gasteiger partial charge on any atom is -0.439 e. The number of nitrogens with zero attached hydrogens (tertiary/aromatic N) is 1. The molecule has 0 saturated carbocycles. The molecule has 6 heteroatoms. The molecule has 0 radical (unpaired) electrons. The van der Waals surface area contributed by atoms with Gasteiger partial charge in [-0.3, -0.25) is 0 Å². The second-order valence-corrected chi connectivity index (χ2v) is 5.74. The van der Waals surface area contributed by atoms with Gasteiger partial charge in [0.2, 0.25) is 5.88 Å². The number of hydrogen-bond donors (Lipinski definition) is 0. The third kappa shape index (κ3) is 3.97. The van der Waals surface area contributed by atoms with Gasteiger partial charge in [0.1, 0.15) is 5.75 Å². The van der Waals surface area contributed by atoms with Gasteiger partial charge in [-0.1, -0.05) is 29.8 Å². The highest BCUT2D eigenvalue weighted by Gasteiger charge is 2.31. The number of alkyl halides is 3. The van der Waals surface area contributed by atoms with Crippen molar-refractivity contribution in [3.8, 4) is 11.6 Å². The molecule has 1 aromatic heterocycles. The first-order chi connectivity index (χ1) is 9.77. The second kappa shape index (κ2) is 6.05. The average Bonchev–Trinajstić information content (AvgIpc) is 2.40. The summed E-state index contributed by atoms with van der Waals surface area (Å²) >= 11 is 3.37. The fourth-order valence-corrected chi connectivity index (χ4v) is 2.20. The number of ether oxygens (including phenoxy) is 1. The van der Waals surface area contributed by atoms with E-state index in [4.69, 9.17) is 4.74 Å². The SMILES string of the molecule is CC(C)c1cc(Br)ccc1Oc1cc(C(F)(F)F)ccn1. The molecule has 0 aliphatic rings. The summed E-state index contributed by atoms with van der Waals surface area (Å²) in [5.41, 5.74) is 0.110. The Morgan fingerprint density at radius 2 is 1.86 bits per heavy atom. The zero-order chi connectivity index (χ0) is 15.6. The molecule has 0 N–H and O–H groups in total. The summed E-state index contributed by atoms with van der Waals surface area (Å²) in [4.78, 5) is 3.84. The van der Waals surface area contributed by atoms with Crippen LogP contribution in [0.1, 0.15) is 30.9 Å². The molecular weight excluding hydrogens is 347 g/mol.